The van der Waals surface area contributed by atoms with Crippen molar-refractivity contribution in [2.75, 3.05) is 13.2 Å². The van der Waals surface area contributed by atoms with Crippen LogP contribution < -0.4 is 15.2 Å². The maximum atomic E-state index is 12.0. The number of esters is 1. The van der Waals surface area contributed by atoms with Gasteiger partial charge in [0.1, 0.15) is 25.5 Å². The van der Waals surface area contributed by atoms with Gasteiger partial charge in [-0.3, -0.25) is 0 Å². The van der Waals surface area contributed by atoms with E-state index in [0.717, 1.165) is 0 Å². The normalized spacial score (nSPS) is 11.7. The molecule has 0 bridgehead atoms. The molecule has 7 heteroatoms. The summed E-state index contributed by atoms with van der Waals surface area (Å²) in [5.74, 6) is -0.627. The van der Waals surface area contributed by atoms with E-state index in [1.165, 1.54) is 6.26 Å². The summed E-state index contributed by atoms with van der Waals surface area (Å²) in [6, 6.07) is 11.7. The Kier molecular flexibility index (Phi) is 6.85. The summed E-state index contributed by atoms with van der Waals surface area (Å²) in [6.45, 7) is 0.554. The Labute approximate surface area is 139 Å². The number of hydrogen-bond donors (Lipinski definition) is 1. The molecule has 1 atom stereocenters. The minimum atomic E-state index is -1.31. The molecule has 2 aromatic rings. The van der Waals surface area contributed by atoms with Crippen LogP contribution in [0.15, 0.2) is 53.1 Å². The van der Waals surface area contributed by atoms with Crippen molar-refractivity contribution in [3.63, 3.8) is 0 Å². The average molecular weight is 333 g/mol. The number of carboxylic acids is 1. The van der Waals surface area contributed by atoms with E-state index in [1.807, 2.05) is 18.2 Å². The summed E-state index contributed by atoms with van der Waals surface area (Å²) in [7, 11) is 0. The summed E-state index contributed by atoms with van der Waals surface area (Å²) >= 11 is 0. The maximum absolute atomic E-state index is 12.0. The van der Waals surface area contributed by atoms with E-state index >= 15 is 0 Å². The number of para-hydroxylation sites is 1. The second-order valence-electron chi connectivity index (χ2n) is 5.03. The fourth-order valence-corrected chi connectivity index (χ4v) is 2.06. The number of rotatable bonds is 10. The van der Waals surface area contributed by atoms with Crippen LogP contribution in [0.3, 0.4) is 0 Å². The molecule has 1 aromatic heterocycles. The molecule has 0 aliphatic heterocycles. The van der Waals surface area contributed by atoms with Gasteiger partial charge in [-0.15, -0.1) is 0 Å². The smallest absolute Gasteiger partial charge is 0.365 e. The van der Waals surface area contributed by atoms with Crippen molar-refractivity contribution in [2.24, 2.45) is 0 Å². The van der Waals surface area contributed by atoms with Gasteiger partial charge in [-0.1, -0.05) is 18.2 Å². The van der Waals surface area contributed by atoms with Crippen LogP contribution in [0.2, 0.25) is 0 Å². The highest BCUT2D eigenvalue weighted by Gasteiger charge is 2.24. The average Bonchev–Trinajstić information content (AvgIpc) is 3.09. The van der Waals surface area contributed by atoms with Crippen LogP contribution in [0.5, 0.6) is 5.75 Å². The molecule has 0 amide bonds. The molecular weight excluding hydrogens is 314 g/mol. The first-order valence-electron chi connectivity index (χ1n) is 7.55. The zero-order chi connectivity index (χ0) is 17.2. The van der Waals surface area contributed by atoms with Crippen LogP contribution in [0.4, 0.5) is 0 Å². The van der Waals surface area contributed by atoms with Crippen molar-refractivity contribution in [1.82, 2.24) is 0 Å². The number of benzene rings is 1. The molecule has 0 saturated heterocycles. The first kappa shape index (κ1) is 17.6. The van der Waals surface area contributed by atoms with Crippen LogP contribution in [0.25, 0.3) is 0 Å². The summed E-state index contributed by atoms with van der Waals surface area (Å²) < 4.78 is 15.6. The van der Waals surface area contributed by atoms with E-state index < -0.39 is 24.4 Å². The van der Waals surface area contributed by atoms with Gasteiger partial charge >= 0.3 is 5.97 Å². The van der Waals surface area contributed by atoms with Gasteiger partial charge in [0.15, 0.2) is 11.8 Å². The summed E-state index contributed by atoms with van der Waals surface area (Å²) in [6.07, 6.45) is 1.08. The molecule has 0 spiro atoms. The van der Waals surface area contributed by atoms with Crippen LogP contribution in [-0.2, 0) is 20.9 Å². The summed E-state index contributed by atoms with van der Waals surface area (Å²) in [5.41, 5.74) is 0. The predicted octanol–water partition coefficient (Wildman–Crippen LogP) is -0.526. The molecule has 24 heavy (non-hydrogen) atoms. The number of hydrogen-bond acceptors (Lipinski definition) is 6. The van der Waals surface area contributed by atoms with Gasteiger partial charge in [0, 0.05) is 5.97 Å². The van der Waals surface area contributed by atoms with Crippen LogP contribution in [-0.4, -0.2) is 31.2 Å². The van der Waals surface area contributed by atoms with Gasteiger partial charge in [0.05, 0.1) is 12.7 Å². The molecule has 0 aliphatic rings. The van der Waals surface area contributed by atoms with Gasteiger partial charge in [-0.2, -0.15) is 0 Å². The first-order valence-corrected chi connectivity index (χ1v) is 7.55. The second kappa shape index (κ2) is 9.36. The number of aliphatic carboxylic acids is 1. The van der Waals surface area contributed by atoms with E-state index in [0.29, 0.717) is 18.1 Å². The first-order chi connectivity index (χ1) is 11.6. The monoisotopic (exact) mass is 333 g/mol. The third-order valence-electron chi connectivity index (χ3n) is 3.21. The van der Waals surface area contributed by atoms with Crippen molar-refractivity contribution in [2.45, 2.75) is 19.0 Å². The molecule has 1 aromatic carbocycles. The fourth-order valence-electron chi connectivity index (χ4n) is 2.06. The number of carbonyl (C=O) groups is 2. The number of carbonyl (C=O) groups excluding carboxylic acids is 2. The van der Waals surface area contributed by atoms with E-state index in [-0.39, 0.29) is 13.2 Å². The minimum absolute atomic E-state index is 0.0336. The quantitative estimate of drug-likeness (QED) is 0.463. The lowest BCUT2D eigenvalue weighted by Gasteiger charge is -2.15. The molecule has 0 unspecified atom stereocenters. The van der Waals surface area contributed by atoms with Gasteiger partial charge in [0.2, 0.25) is 0 Å². The van der Waals surface area contributed by atoms with Gasteiger partial charge < -0.3 is 29.1 Å². The second-order valence-corrected chi connectivity index (χ2v) is 5.03. The molecular formula is C17H19NO6. The van der Waals surface area contributed by atoms with Gasteiger partial charge in [-0.05, 0) is 24.3 Å². The topological polar surface area (TPSA) is 105 Å². The zero-order valence-corrected chi connectivity index (χ0v) is 13.1. The molecule has 0 radical (unpaired) electrons. The lowest BCUT2D eigenvalue weighted by molar-refractivity contribution is -0.694. The largest absolute Gasteiger partial charge is 0.550 e. The van der Waals surface area contributed by atoms with Crippen molar-refractivity contribution >= 4 is 11.9 Å². The minimum Gasteiger partial charge on any atom is -0.550 e. The van der Waals surface area contributed by atoms with Crippen LogP contribution in [0.1, 0.15) is 12.2 Å². The Hall–Kier alpha value is -2.80. The van der Waals surface area contributed by atoms with E-state index in [9.17, 15) is 14.7 Å². The van der Waals surface area contributed by atoms with E-state index in [1.54, 1.807) is 29.6 Å². The van der Waals surface area contributed by atoms with E-state index in [2.05, 4.69) is 0 Å². The third kappa shape index (κ3) is 6.13. The van der Waals surface area contributed by atoms with Crippen molar-refractivity contribution in [3.8, 4) is 5.75 Å². The van der Waals surface area contributed by atoms with Crippen molar-refractivity contribution < 1.29 is 33.9 Å². The van der Waals surface area contributed by atoms with Crippen LogP contribution >= 0.6 is 0 Å². The number of nitrogens with two attached hydrogens (primary N) is 1. The Morgan fingerprint density at radius 3 is 2.58 bits per heavy atom. The summed E-state index contributed by atoms with van der Waals surface area (Å²) in [4.78, 5) is 22.8. The molecule has 128 valence electrons. The molecule has 0 fully saturated rings. The number of furan rings is 1. The molecule has 2 rings (SSSR count). The fraction of sp³-hybridized carbons (Fsp3) is 0.294. The lowest BCUT2D eigenvalue weighted by Crippen LogP contribution is -2.91. The molecule has 1 heterocycles. The molecule has 0 aliphatic carbocycles. The Balaban J connectivity index is 1.75. The van der Waals surface area contributed by atoms with Gasteiger partial charge in [0.25, 0.3) is 0 Å². The standard InChI is InChI=1S/C17H19NO6/c19-16(20)11-15(18-12-14-7-4-8-22-14)17(21)24-10-9-23-13-5-2-1-3-6-13/h1-8,15,18H,9-12H2,(H,19,20)/t15-/m1/s1. The molecule has 7 nitrogen and oxygen atoms in total. The SMILES string of the molecule is O=C([O-])C[C@@H]([NH2+]Cc1ccco1)C(=O)OCCOc1ccccc1. The highest BCUT2D eigenvalue weighted by molar-refractivity contribution is 5.79. The van der Waals surface area contributed by atoms with Crippen molar-refractivity contribution in [3.05, 3.63) is 54.5 Å². The number of carboxylic acid groups (broad SMARTS) is 1. The number of ether oxygens (including phenoxy) is 2. The maximum Gasteiger partial charge on any atom is 0.365 e. The lowest BCUT2D eigenvalue weighted by atomic mass is 10.2. The Morgan fingerprint density at radius 1 is 1.12 bits per heavy atom. The highest BCUT2D eigenvalue weighted by Crippen LogP contribution is 2.07. The van der Waals surface area contributed by atoms with Gasteiger partial charge in [-0.25, -0.2) is 4.79 Å². The van der Waals surface area contributed by atoms with Crippen LogP contribution in [0, 0.1) is 0 Å². The summed E-state index contributed by atoms with van der Waals surface area (Å²) in [5, 5.41) is 12.4. The zero-order valence-electron chi connectivity index (χ0n) is 13.1. The third-order valence-corrected chi connectivity index (χ3v) is 3.21. The molecule has 2 N–H and O–H groups in total. The predicted molar refractivity (Wildman–Crippen MR) is 80.6 cm³/mol. The Morgan fingerprint density at radius 2 is 1.92 bits per heavy atom. The highest BCUT2D eigenvalue weighted by atomic mass is 16.6. The van der Waals surface area contributed by atoms with Crippen molar-refractivity contribution in [1.29, 1.82) is 0 Å². The Bertz CT molecular complexity index is 626. The number of quaternary nitrogens is 1. The van der Waals surface area contributed by atoms with E-state index in [4.69, 9.17) is 13.9 Å². The molecule has 0 saturated carbocycles.